The molecule has 0 aliphatic carbocycles. The molecule has 1 amide bonds. The highest BCUT2D eigenvalue weighted by Gasteiger charge is 2.34. The summed E-state index contributed by atoms with van der Waals surface area (Å²) in [6, 6.07) is 23.7. The molecule has 1 N–H and O–H groups in total. The molecule has 2 fully saturated rings. The number of nitrogens with one attached hydrogen (secondary N) is 1. The highest BCUT2D eigenvalue weighted by molar-refractivity contribution is 5.83. The molecule has 0 spiro atoms. The number of benzene rings is 3. The van der Waals surface area contributed by atoms with Crippen molar-refractivity contribution in [3.8, 4) is 5.75 Å². The Bertz CT molecular complexity index is 1180. The second-order valence-corrected chi connectivity index (χ2v) is 10.3. The monoisotopic (exact) mass is 501 g/mol. The number of morpholine rings is 1. The predicted octanol–water partition coefficient (Wildman–Crippen LogP) is 4.47. The molecule has 196 valence electrons. The first-order valence-corrected chi connectivity index (χ1v) is 13.6. The first-order chi connectivity index (χ1) is 18.2. The number of hydrogen-bond donors (Lipinski definition) is 1. The van der Waals surface area contributed by atoms with Crippen LogP contribution in [0, 0.1) is 5.92 Å². The normalized spacial score (nSPS) is 21.1. The molecule has 2 saturated heterocycles. The molecular weight excluding hydrogens is 462 g/mol. The maximum atomic E-state index is 12.8. The number of methoxy groups -OCH3 is 1. The Morgan fingerprint density at radius 2 is 1.78 bits per heavy atom. The first-order valence-electron chi connectivity index (χ1n) is 13.6. The van der Waals surface area contributed by atoms with Gasteiger partial charge in [0, 0.05) is 50.7 Å². The van der Waals surface area contributed by atoms with Crippen LogP contribution in [0.1, 0.15) is 30.4 Å². The van der Waals surface area contributed by atoms with E-state index in [0.29, 0.717) is 24.9 Å². The van der Waals surface area contributed by atoms with E-state index in [0.717, 1.165) is 70.1 Å². The summed E-state index contributed by atoms with van der Waals surface area (Å²) < 4.78 is 11.1. The van der Waals surface area contributed by atoms with Gasteiger partial charge < -0.3 is 14.8 Å². The van der Waals surface area contributed by atoms with Crippen LogP contribution >= 0.6 is 0 Å². The molecule has 5 rings (SSSR count). The Morgan fingerprint density at radius 3 is 2.62 bits per heavy atom. The minimum absolute atomic E-state index is 0.110. The number of likely N-dealkylation sites (tertiary alicyclic amines) is 1. The fourth-order valence-corrected chi connectivity index (χ4v) is 5.96. The van der Waals surface area contributed by atoms with Crippen molar-refractivity contribution in [1.82, 2.24) is 15.1 Å². The van der Waals surface area contributed by atoms with Crippen molar-refractivity contribution in [2.45, 2.75) is 38.4 Å². The van der Waals surface area contributed by atoms with Gasteiger partial charge in [-0.05, 0) is 53.8 Å². The van der Waals surface area contributed by atoms with Crippen molar-refractivity contribution in [3.63, 3.8) is 0 Å². The molecule has 0 bridgehead atoms. The van der Waals surface area contributed by atoms with E-state index >= 15 is 0 Å². The molecule has 0 aromatic heterocycles. The Hall–Kier alpha value is -2.93. The minimum Gasteiger partial charge on any atom is -0.496 e. The number of carbonyl (C=O) groups is 1. The van der Waals surface area contributed by atoms with Crippen LogP contribution in [0.15, 0.2) is 66.7 Å². The Labute approximate surface area is 220 Å². The molecule has 2 aliphatic rings. The number of hydrogen-bond acceptors (Lipinski definition) is 5. The van der Waals surface area contributed by atoms with Gasteiger partial charge in [-0.2, -0.15) is 0 Å². The summed E-state index contributed by atoms with van der Waals surface area (Å²) in [4.78, 5) is 18.0. The quantitative estimate of drug-likeness (QED) is 0.469. The van der Waals surface area contributed by atoms with E-state index < -0.39 is 0 Å². The third kappa shape index (κ3) is 6.69. The topological polar surface area (TPSA) is 54.0 Å². The van der Waals surface area contributed by atoms with E-state index in [1.807, 2.05) is 24.3 Å². The number of carbonyl (C=O) groups excluding carboxylic acids is 1. The van der Waals surface area contributed by atoms with Gasteiger partial charge in [0.05, 0.1) is 20.3 Å². The van der Waals surface area contributed by atoms with Crippen LogP contribution in [0.3, 0.4) is 0 Å². The van der Waals surface area contributed by atoms with Crippen LogP contribution in [0.2, 0.25) is 0 Å². The van der Waals surface area contributed by atoms with Crippen molar-refractivity contribution in [1.29, 1.82) is 0 Å². The zero-order valence-corrected chi connectivity index (χ0v) is 21.9. The summed E-state index contributed by atoms with van der Waals surface area (Å²) in [5.41, 5.74) is 2.36. The van der Waals surface area contributed by atoms with Crippen LogP contribution in [-0.2, 0) is 22.6 Å². The highest BCUT2D eigenvalue weighted by atomic mass is 16.5. The van der Waals surface area contributed by atoms with E-state index in [1.54, 1.807) is 7.11 Å². The molecule has 2 heterocycles. The average Bonchev–Trinajstić information content (AvgIpc) is 2.95. The fraction of sp³-hybridized carbons (Fsp3) is 0.452. The largest absolute Gasteiger partial charge is 0.496 e. The summed E-state index contributed by atoms with van der Waals surface area (Å²) >= 11 is 0. The lowest BCUT2D eigenvalue weighted by Crippen LogP contribution is -2.54. The molecular formula is C31H39N3O3. The van der Waals surface area contributed by atoms with Gasteiger partial charge in [0.2, 0.25) is 5.91 Å². The summed E-state index contributed by atoms with van der Waals surface area (Å²) in [6.45, 7) is 7.16. The summed E-state index contributed by atoms with van der Waals surface area (Å²) in [5, 5.41) is 5.69. The number of piperidine rings is 1. The van der Waals surface area contributed by atoms with Crippen LogP contribution in [-0.4, -0.2) is 68.3 Å². The molecule has 3 aromatic carbocycles. The second kappa shape index (κ2) is 12.5. The highest BCUT2D eigenvalue weighted by Crippen LogP contribution is 2.28. The Balaban J connectivity index is 1.21. The molecule has 0 unspecified atom stereocenters. The smallest absolute Gasteiger partial charge is 0.220 e. The average molecular weight is 502 g/mol. The number of amides is 1. The second-order valence-electron chi connectivity index (χ2n) is 10.3. The zero-order valence-electron chi connectivity index (χ0n) is 21.9. The SMILES string of the molecule is COc1ccccc1CNC(=O)CC[C@@H]1CN(Cc2ccc3ccccc3c2)CC[C@@H]1N1CCOCC1. The third-order valence-electron chi connectivity index (χ3n) is 7.92. The third-order valence-corrected chi connectivity index (χ3v) is 7.92. The van der Waals surface area contributed by atoms with Crippen molar-refractivity contribution in [2.75, 3.05) is 46.5 Å². The van der Waals surface area contributed by atoms with Gasteiger partial charge in [-0.15, -0.1) is 0 Å². The number of nitrogens with zero attached hydrogens (tertiary/aromatic N) is 2. The van der Waals surface area contributed by atoms with E-state index in [9.17, 15) is 4.79 Å². The van der Waals surface area contributed by atoms with Gasteiger partial charge in [-0.1, -0.05) is 54.6 Å². The van der Waals surface area contributed by atoms with Gasteiger partial charge in [-0.25, -0.2) is 0 Å². The standard InChI is InChI=1S/C31H39N3O3/c1-36-30-9-5-4-8-27(30)21-32-31(35)13-12-28-23-33(15-14-29(28)34-16-18-37-19-17-34)22-24-10-11-25-6-2-3-7-26(25)20-24/h2-11,20,28-29H,12-19,21-23H2,1H3,(H,32,35)/t28-,29+/m1/s1. The summed E-state index contributed by atoms with van der Waals surface area (Å²) in [7, 11) is 1.67. The molecule has 3 aromatic rings. The lowest BCUT2D eigenvalue weighted by atomic mass is 9.86. The van der Waals surface area contributed by atoms with Crippen molar-refractivity contribution in [3.05, 3.63) is 77.9 Å². The van der Waals surface area contributed by atoms with Gasteiger partial charge in [0.25, 0.3) is 0 Å². The predicted molar refractivity (Wildman–Crippen MR) is 148 cm³/mol. The van der Waals surface area contributed by atoms with E-state index in [2.05, 4.69) is 57.6 Å². The van der Waals surface area contributed by atoms with Crippen molar-refractivity contribution >= 4 is 16.7 Å². The van der Waals surface area contributed by atoms with Crippen LogP contribution in [0.4, 0.5) is 0 Å². The number of para-hydroxylation sites is 1. The molecule has 6 nitrogen and oxygen atoms in total. The van der Waals surface area contributed by atoms with E-state index in [-0.39, 0.29) is 5.91 Å². The Morgan fingerprint density at radius 1 is 1.00 bits per heavy atom. The first kappa shape index (κ1) is 25.7. The van der Waals surface area contributed by atoms with E-state index in [4.69, 9.17) is 9.47 Å². The van der Waals surface area contributed by atoms with Crippen LogP contribution in [0.5, 0.6) is 5.75 Å². The Kier molecular flexibility index (Phi) is 8.72. The van der Waals surface area contributed by atoms with E-state index in [1.165, 1.54) is 16.3 Å². The minimum atomic E-state index is 0.110. The fourth-order valence-electron chi connectivity index (χ4n) is 5.96. The van der Waals surface area contributed by atoms with Gasteiger partial charge >= 0.3 is 0 Å². The van der Waals surface area contributed by atoms with Crippen LogP contribution in [0.25, 0.3) is 10.8 Å². The molecule has 37 heavy (non-hydrogen) atoms. The summed E-state index contributed by atoms with van der Waals surface area (Å²) in [5.74, 6) is 1.38. The molecule has 6 heteroatoms. The molecule has 0 radical (unpaired) electrons. The number of ether oxygens (including phenoxy) is 2. The van der Waals surface area contributed by atoms with Crippen LogP contribution < -0.4 is 10.1 Å². The van der Waals surface area contributed by atoms with Gasteiger partial charge in [0.15, 0.2) is 0 Å². The lowest BCUT2D eigenvalue weighted by molar-refractivity contribution is -0.121. The molecule has 2 aliphatic heterocycles. The summed E-state index contributed by atoms with van der Waals surface area (Å²) in [6.07, 6.45) is 2.58. The van der Waals surface area contributed by atoms with Gasteiger partial charge in [0.1, 0.15) is 5.75 Å². The van der Waals surface area contributed by atoms with Crippen molar-refractivity contribution in [2.24, 2.45) is 5.92 Å². The number of rotatable bonds is 9. The maximum absolute atomic E-state index is 12.8. The lowest BCUT2D eigenvalue weighted by Gasteiger charge is -2.45. The molecule has 0 saturated carbocycles. The maximum Gasteiger partial charge on any atom is 0.220 e. The zero-order chi connectivity index (χ0) is 25.5. The van der Waals surface area contributed by atoms with Gasteiger partial charge in [-0.3, -0.25) is 14.6 Å². The molecule has 2 atom stereocenters. The number of fused-ring (bicyclic) bond motifs is 1. The van der Waals surface area contributed by atoms with Crippen molar-refractivity contribution < 1.29 is 14.3 Å².